The molecule has 0 unspecified atom stereocenters. The number of halogens is 1. The molecule has 0 aliphatic carbocycles. The maximum absolute atomic E-state index is 11.9. The first-order valence-corrected chi connectivity index (χ1v) is 5.89. The van der Waals surface area contributed by atoms with Crippen molar-refractivity contribution < 1.29 is 9.90 Å². The average molecular weight is 257 g/mol. The number of rotatable bonds is 4. The van der Waals surface area contributed by atoms with E-state index in [9.17, 15) is 4.79 Å². The number of aliphatic hydroxyl groups is 1. The van der Waals surface area contributed by atoms with Gasteiger partial charge in [0.1, 0.15) is 0 Å². The van der Waals surface area contributed by atoms with Crippen LogP contribution in [-0.4, -0.2) is 35.7 Å². The van der Waals surface area contributed by atoms with E-state index >= 15 is 0 Å². The van der Waals surface area contributed by atoms with Crippen LogP contribution in [0.4, 0.5) is 10.5 Å². The Morgan fingerprint density at radius 1 is 1.53 bits per heavy atom. The van der Waals surface area contributed by atoms with Crippen molar-refractivity contribution in [1.29, 1.82) is 0 Å². The third kappa shape index (κ3) is 3.61. The zero-order valence-electron chi connectivity index (χ0n) is 10.0. The molecule has 0 radical (unpaired) electrons. The van der Waals surface area contributed by atoms with Gasteiger partial charge in [0, 0.05) is 23.8 Å². The average Bonchev–Trinajstić information content (AvgIpc) is 2.31. The SMILES string of the molecule is CCN(CCO)C(=O)Nc1cccc(Cl)c1C. The molecular weight excluding hydrogens is 240 g/mol. The molecule has 94 valence electrons. The number of nitrogens with one attached hydrogen (secondary N) is 1. The molecule has 0 aliphatic heterocycles. The third-order valence-corrected chi connectivity index (χ3v) is 2.96. The fourth-order valence-corrected chi connectivity index (χ4v) is 1.64. The Kier molecular flexibility index (Phi) is 5.25. The molecule has 0 atom stereocenters. The minimum absolute atomic E-state index is 0.0458. The van der Waals surface area contributed by atoms with Crippen LogP contribution in [0.15, 0.2) is 18.2 Å². The van der Waals surface area contributed by atoms with Gasteiger partial charge in [0.25, 0.3) is 0 Å². The molecular formula is C12H17ClN2O2. The Balaban J connectivity index is 2.76. The molecule has 0 fully saturated rings. The summed E-state index contributed by atoms with van der Waals surface area (Å²) in [5, 5.41) is 12.2. The van der Waals surface area contributed by atoms with Crippen LogP contribution in [0.5, 0.6) is 0 Å². The summed E-state index contributed by atoms with van der Waals surface area (Å²) in [4.78, 5) is 13.4. The van der Waals surface area contributed by atoms with E-state index < -0.39 is 0 Å². The van der Waals surface area contributed by atoms with Gasteiger partial charge in [-0.05, 0) is 31.5 Å². The Labute approximate surface area is 106 Å². The summed E-state index contributed by atoms with van der Waals surface area (Å²) in [6.07, 6.45) is 0. The van der Waals surface area contributed by atoms with Crippen LogP contribution in [0.25, 0.3) is 0 Å². The number of carbonyl (C=O) groups excluding carboxylic acids is 1. The standard InChI is InChI=1S/C12H17ClN2O2/c1-3-15(7-8-16)12(17)14-11-6-4-5-10(13)9(11)2/h4-6,16H,3,7-8H2,1-2H3,(H,14,17). The molecule has 2 amide bonds. The zero-order valence-corrected chi connectivity index (χ0v) is 10.8. The lowest BCUT2D eigenvalue weighted by atomic mass is 10.2. The Morgan fingerprint density at radius 2 is 2.24 bits per heavy atom. The predicted octanol–water partition coefficient (Wildman–Crippen LogP) is 2.49. The lowest BCUT2D eigenvalue weighted by molar-refractivity contribution is 0.192. The number of urea groups is 1. The highest BCUT2D eigenvalue weighted by molar-refractivity contribution is 6.31. The first-order chi connectivity index (χ1) is 8.10. The summed E-state index contributed by atoms with van der Waals surface area (Å²) in [5.41, 5.74) is 1.53. The van der Waals surface area contributed by atoms with Gasteiger partial charge in [-0.2, -0.15) is 0 Å². The largest absolute Gasteiger partial charge is 0.395 e. The summed E-state index contributed by atoms with van der Waals surface area (Å²) >= 11 is 5.97. The van der Waals surface area contributed by atoms with Crippen molar-refractivity contribution in [2.45, 2.75) is 13.8 Å². The van der Waals surface area contributed by atoms with E-state index in [-0.39, 0.29) is 12.6 Å². The van der Waals surface area contributed by atoms with E-state index in [1.54, 1.807) is 18.2 Å². The van der Waals surface area contributed by atoms with E-state index in [1.807, 2.05) is 13.8 Å². The Morgan fingerprint density at radius 3 is 2.82 bits per heavy atom. The zero-order chi connectivity index (χ0) is 12.8. The molecule has 1 aromatic rings. The molecule has 1 rings (SSSR count). The maximum atomic E-state index is 11.9. The van der Waals surface area contributed by atoms with E-state index in [2.05, 4.69) is 5.32 Å². The minimum Gasteiger partial charge on any atom is -0.395 e. The summed E-state index contributed by atoms with van der Waals surface area (Å²) in [5.74, 6) is 0. The molecule has 2 N–H and O–H groups in total. The molecule has 0 saturated heterocycles. The van der Waals surface area contributed by atoms with Gasteiger partial charge in [-0.25, -0.2) is 4.79 Å². The van der Waals surface area contributed by atoms with Crippen molar-refractivity contribution in [3.8, 4) is 0 Å². The second-order valence-corrected chi connectivity index (χ2v) is 4.05. The second kappa shape index (κ2) is 6.47. The highest BCUT2D eigenvalue weighted by Gasteiger charge is 2.12. The first kappa shape index (κ1) is 13.8. The number of hydrogen-bond acceptors (Lipinski definition) is 2. The topological polar surface area (TPSA) is 52.6 Å². The molecule has 0 bridgehead atoms. The van der Waals surface area contributed by atoms with Gasteiger partial charge >= 0.3 is 6.03 Å². The maximum Gasteiger partial charge on any atom is 0.321 e. The number of hydrogen-bond donors (Lipinski definition) is 2. The molecule has 0 spiro atoms. The number of likely N-dealkylation sites (N-methyl/N-ethyl adjacent to an activating group) is 1. The van der Waals surface area contributed by atoms with E-state index in [4.69, 9.17) is 16.7 Å². The second-order valence-electron chi connectivity index (χ2n) is 3.65. The van der Waals surface area contributed by atoms with Gasteiger partial charge in [0.05, 0.1) is 6.61 Å². The molecule has 0 saturated carbocycles. The summed E-state index contributed by atoms with van der Waals surface area (Å²) in [7, 11) is 0. The van der Waals surface area contributed by atoms with Gasteiger partial charge in [0.15, 0.2) is 0 Å². The third-order valence-electron chi connectivity index (χ3n) is 2.55. The molecule has 0 aromatic heterocycles. The summed E-state index contributed by atoms with van der Waals surface area (Å²) in [6, 6.07) is 5.13. The highest BCUT2D eigenvalue weighted by atomic mass is 35.5. The monoisotopic (exact) mass is 256 g/mol. The lowest BCUT2D eigenvalue weighted by Gasteiger charge is -2.21. The van der Waals surface area contributed by atoms with E-state index in [0.29, 0.717) is 23.8 Å². The smallest absolute Gasteiger partial charge is 0.321 e. The summed E-state index contributed by atoms with van der Waals surface area (Å²) in [6.45, 7) is 4.53. The lowest BCUT2D eigenvalue weighted by Crippen LogP contribution is -2.36. The van der Waals surface area contributed by atoms with Crippen LogP contribution in [0, 0.1) is 6.92 Å². The highest BCUT2D eigenvalue weighted by Crippen LogP contribution is 2.23. The van der Waals surface area contributed by atoms with Crippen molar-refractivity contribution in [3.05, 3.63) is 28.8 Å². The fourth-order valence-electron chi connectivity index (χ4n) is 1.46. The van der Waals surface area contributed by atoms with Crippen LogP contribution in [0.2, 0.25) is 5.02 Å². The Hall–Kier alpha value is -1.26. The van der Waals surface area contributed by atoms with Crippen molar-refractivity contribution in [2.75, 3.05) is 25.0 Å². The number of amides is 2. The van der Waals surface area contributed by atoms with Gasteiger partial charge in [-0.1, -0.05) is 17.7 Å². The van der Waals surface area contributed by atoms with Crippen LogP contribution in [0.1, 0.15) is 12.5 Å². The number of carbonyl (C=O) groups is 1. The molecule has 4 nitrogen and oxygen atoms in total. The summed E-state index contributed by atoms with van der Waals surface area (Å²) < 4.78 is 0. The number of benzene rings is 1. The molecule has 0 heterocycles. The van der Waals surface area contributed by atoms with Gasteiger partial charge in [-0.3, -0.25) is 0 Å². The first-order valence-electron chi connectivity index (χ1n) is 5.52. The van der Waals surface area contributed by atoms with Gasteiger partial charge in [-0.15, -0.1) is 0 Å². The van der Waals surface area contributed by atoms with Gasteiger partial charge < -0.3 is 15.3 Å². The van der Waals surface area contributed by atoms with Gasteiger partial charge in [0.2, 0.25) is 0 Å². The quantitative estimate of drug-likeness (QED) is 0.870. The van der Waals surface area contributed by atoms with Crippen molar-refractivity contribution in [1.82, 2.24) is 4.90 Å². The Bertz CT molecular complexity index is 396. The van der Waals surface area contributed by atoms with Crippen LogP contribution in [0.3, 0.4) is 0 Å². The normalized spacial score (nSPS) is 10.1. The van der Waals surface area contributed by atoms with E-state index in [0.717, 1.165) is 5.56 Å². The van der Waals surface area contributed by atoms with Crippen molar-refractivity contribution in [2.24, 2.45) is 0 Å². The molecule has 17 heavy (non-hydrogen) atoms. The van der Waals surface area contributed by atoms with Crippen LogP contribution < -0.4 is 5.32 Å². The van der Waals surface area contributed by atoms with E-state index in [1.165, 1.54) is 4.90 Å². The number of aliphatic hydroxyl groups excluding tert-OH is 1. The number of nitrogens with zero attached hydrogens (tertiary/aromatic N) is 1. The predicted molar refractivity (Wildman–Crippen MR) is 69.5 cm³/mol. The molecule has 0 aliphatic rings. The fraction of sp³-hybridized carbons (Fsp3) is 0.417. The van der Waals surface area contributed by atoms with Crippen molar-refractivity contribution in [3.63, 3.8) is 0 Å². The van der Waals surface area contributed by atoms with Crippen molar-refractivity contribution >= 4 is 23.3 Å². The molecule has 1 aromatic carbocycles. The van der Waals surface area contributed by atoms with Crippen LogP contribution in [-0.2, 0) is 0 Å². The minimum atomic E-state index is -0.230. The van der Waals surface area contributed by atoms with Crippen LogP contribution >= 0.6 is 11.6 Å². The molecule has 5 heteroatoms. The number of anilines is 1.